The molecular weight excluding hydrogens is 217 g/mol. The van der Waals surface area contributed by atoms with Crippen molar-refractivity contribution in [3.63, 3.8) is 0 Å². The first-order valence-electron chi connectivity index (χ1n) is 5.31. The Balaban J connectivity index is 2.29. The Bertz CT molecular complexity index is 688. The molecule has 84 valence electrons. The van der Waals surface area contributed by atoms with Gasteiger partial charge in [-0.2, -0.15) is 0 Å². The molecule has 1 heterocycles. The first-order valence-corrected chi connectivity index (χ1v) is 5.31. The number of phenolic OH excluding ortho intramolecular Hbond substituents is 1. The van der Waals surface area contributed by atoms with Crippen molar-refractivity contribution in [2.24, 2.45) is 0 Å². The smallest absolute Gasteiger partial charge is 0.139 e. The molecule has 0 unspecified atom stereocenters. The van der Waals surface area contributed by atoms with Crippen molar-refractivity contribution in [1.82, 2.24) is 4.57 Å². The van der Waals surface area contributed by atoms with Crippen LogP contribution in [0.5, 0.6) is 5.75 Å². The Kier molecular flexibility index (Phi) is 2.11. The number of benzene rings is 2. The van der Waals surface area contributed by atoms with Crippen molar-refractivity contribution in [3.05, 3.63) is 60.5 Å². The lowest BCUT2D eigenvalue weighted by Gasteiger charge is -2.07. The van der Waals surface area contributed by atoms with E-state index in [2.05, 4.69) is 0 Å². The van der Waals surface area contributed by atoms with Gasteiger partial charge < -0.3 is 9.67 Å². The lowest BCUT2D eigenvalue weighted by atomic mass is 10.2. The molecule has 0 spiro atoms. The molecule has 1 aromatic heterocycles. The van der Waals surface area contributed by atoms with Crippen LogP contribution in [-0.2, 0) is 0 Å². The van der Waals surface area contributed by atoms with Gasteiger partial charge in [0, 0.05) is 11.6 Å². The van der Waals surface area contributed by atoms with E-state index in [1.54, 1.807) is 18.2 Å². The summed E-state index contributed by atoms with van der Waals surface area (Å²) in [7, 11) is 0. The zero-order valence-electron chi connectivity index (χ0n) is 8.97. The average molecular weight is 227 g/mol. The fourth-order valence-electron chi connectivity index (χ4n) is 1.99. The molecule has 2 nitrogen and oxygen atoms in total. The number of fused-ring (bicyclic) bond motifs is 1. The van der Waals surface area contributed by atoms with E-state index < -0.39 is 0 Å². The Labute approximate surface area is 97.5 Å². The molecule has 0 aliphatic rings. The van der Waals surface area contributed by atoms with E-state index in [-0.39, 0.29) is 11.6 Å². The number of para-hydroxylation sites is 2. The van der Waals surface area contributed by atoms with Crippen LogP contribution in [0.1, 0.15) is 0 Å². The number of phenols is 1. The Morgan fingerprint density at radius 1 is 1.00 bits per heavy atom. The maximum atomic E-state index is 13.1. The monoisotopic (exact) mass is 227 g/mol. The minimum atomic E-state index is -0.257. The number of aromatic hydroxyl groups is 1. The number of hydrogen-bond acceptors (Lipinski definition) is 1. The average Bonchev–Trinajstić information content (AvgIpc) is 2.72. The molecule has 0 fully saturated rings. The molecule has 0 saturated carbocycles. The van der Waals surface area contributed by atoms with Crippen LogP contribution >= 0.6 is 0 Å². The second kappa shape index (κ2) is 3.63. The largest absolute Gasteiger partial charge is 0.506 e. The molecule has 17 heavy (non-hydrogen) atoms. The third-order valence-electron chi connectivity index (χ3n) is 2.79. The summed E-state index contributed by atoms with van der Waals surface area (Å²) < 4.78 is 14.9. The van der Waals surface area contributed by atoms with Gasteiger partial charge in [-0.1, -0.05) is 12.1 Å². The number of hydrogen-bond donors (Lipinski definition) is 1. The summed E-state index contributed by atoms with van der Waals surface area (Å²) in [6, 6.07) is 13.5. The first kappa shape index (κ1) is 9.90. The SMILES string of the molecule is Oc1ccccc1-n1ccc2cc(F)ccc21. The molecule has 2 aromatic carbocycles. The van der Waals surface area contributed by atoms with Crippen LogP contribution in [0.15, 0.2) is 54.7 Å². The molecule has 0 aliphatic heterocycles. The van der Waals surface area contributed by atoms with Crippen LogP contribution < -0.4 is 0 Å². The number of halogens is 1. The van der Waals surface area contributed by atoms with Crippen molar-refractivity contribution in [2.45, 2.75) is 0 Å². The molecule has 0 radical (unpaired) electrons. The van der Waals surface area contributed by atoms with Crippen LogP contribution in [-0.4, -0.2) is 9.67 Å². The molecule has 0 saturated heterocycles. The van der Waals surface area contributed by atoms with E-state index >= 15 is 0 Å². The maximum Gasteiger partial charge on any atom is 0.139 e. The standard InChI is InChI=1S/C14H10FNO/c15-11-5-6-12-10(9-11)7-8-16(12)13-3-1-2-4-14(13)17/h1-9,17H. The van der Waals surface area contributed by atoms with Gasteiger partial charge in [-0.05, 0) is 36.4 Å². The molecule has 3 rings (SSSR count). The fourth-order valence-corrected chi connectivity index (χ4v) is 1.99. The third kappa shape index (κ3) is 1.56. The maximum absolute atomic E-state index is 13.1. The quantitative estimate of drug-likeness (QED) is 0.676. The number of aromatic nitrogens is 1. The molecule has 1 N–H and O–H groups in total. The minimum Gasteiger partial charge on any atom is -0.506 e. The Morgan fingerprint density at radius 3 is 2.65 bits per heavy atom. The van der Waals surface area contributed by atoms with Crippen molar-refractivity contribution in [2.75, 3.05) is 0 Å². The number of nitrogens with zero attached hydrogens (tertiary/aromatic N) is 1. The first-order chi connectivity index (χ1) is 8.25. The summed E-state index contributed by atoms with van der Waals surface area (Å²) in [4.78, 5) is 0. The molecule has 0 amide bonds. The second-order valence-electron chi connectivity index (χ2n) is 3.88. The van der Waals surface area contributed by atoms with Crippen molar-refractivity contribution in [3.8, 4) is 11.4 Å². The predicted molar refractivity (Wildman–Crippen MR) is 64.9 cm³/mol. The van der Waals surface area contributed by atoms with Crippen molar-refractivity contribution < 1.29 is 9.50 Å². The second-order valence-corrected chi connectivity index (χ2v) is 3.88. The highest BCUT2D eigenvalue weighted by Crippen LogP contribution is 2.26. The highest BCUT2D eigenvalue weighted by molar-refractivity contribution is 5.82. The van der Waals surface area contributed by atoms with Crippen LogP contribution in [0.25, 0.3) is 16.6 Å². The van der Waals surface area contributed by atoms with Crippen molar-refractivity contribution in [1.29, 1.82) is 0 Å². The van der Waals surface area contributed by atoms with Gasteiger partial charge in [-0.15, -0.1) is 0 Å². The van der Waals surface area contributed by atoms with Crippen molar-refractivity contribution >= 4 is 10.9 Å². The topological polar surface area (TPSA) is 25.2 Å². The number of rotatable bonds is 1. The van der Waals surface area contributed by atoms with Gasteiger partial charge in [0.1, 0.15) is 11.6 Å². The van der Waals surface area contributed by atoms with E-state index in [0.717, 1.165) is 10.9 Å². The Morgan fingerprint density at radius 2 is 1.82 bits per heavy atom. The molecule has 3 heteroatoms. The molecular formula is C14H10FNO. The van der Waals surface area contributed by atoms with E-state index in [1.165, 1.54) is 12.1 Å². The van der Waals surface area contributed by atoms with E-state index in [1.807, 2.05) is 29.0 Å². The zero-order chi connectivity index (χ0) is 11.8. The molecule has 3 aromatic rings. The lowest BCUT2D eigenvalue weighted by molar-refractivity contribution is 0.473. The van der Waals surface area contributed by atoms with Gasteiger partial charge >= 0.3 is 0 Å². The van der Waals surface area contributed by atoms with Gasteiger partial charge in [0.15, 0.2) is 0 Å². The van der Waals surface area contributed by atoms with Gasteiger partial charge in [-0.3, -0.25) is 0 Å². The summed E-state index contributed by atoms with van der Waals surface area (Å²) in [5.41, 5.74) is 1.56. The summed E-state index contributed by atoms with van der Waals surface area (Å²) in [6.07, 6.45) is 1.82. The van der Waals surface area contributed by atoms with Crippen LogP contribution in [0.2, 0.25) is 0 Å². The van der Waals surface area contributed by atoms with Crippen LogP contribution in [0.3, 0.4) is 0 Å². The highest BCUT2D eigenvalue weighted by Gasteiger charge is 2.06. The van der Waals surface area contributed by atoms with E-state index in [4.69, 9.17) is 0 Å². The zero-order valence-corrected chi connectivity index (χ0v) is 8.97. The fraction of sp³-hybridized carbons (Fsp3) is 0. The summed E-state index contributed by atoms with van der Waals surface area (Å²) in [5, 5.41) is 10.6. The van der Waals surface area contributed by atoms with Gasteiger partial charge in [0.2, 0.25) is 0 Å². The van der Waals surface area contributed by atoms with Gasteiger partial charge in [0.25, 0.3) is 0 Å². The third-order valence-corrected chi connectivity index (χ3v) is 2.79. The van der Waals surface area contributed by atoms with Gasteiger partial charge in [0.05, 0.1) is 11.2 Å². The molecule has 0 atom stereocenters. The van der Waals surface area contributed by atoms with E-state index in [0.29, 0.717) is 5.69 Å². The normalized spacial score (nSPS) is 10.9. The molecule has 0 bridgehead atoms. The lowest BCUT2D eigenvalue weighted by Crippen LogP contribution is -1.91. The minimum absolute atomic E-state index is 0.203. The summed E-state index contributed by atoms with van der Waals surface area (Å²) in [6.45, 7) is 0. The van der Waals surface area contributed by atoms with Crippen LogP contribution in [0, 0.1) is 5.82 Å². The predicted octanol–water partition coefficient (Wildman–Crippen LogP) is 3.48. The van der Waals surface area contributed by atoms with Crippen LogP contribution in [0.4, 0.5) is 4.39 Å². The molecule has 0 aliphatic carbocycles. The van der Waals surface area contributed by atoms with Gasteiger partial charge in [-0.25, -0.2) is 4.39 Å². The Hall–Kier alpha value is -2.29. The van der Waals surface area contributed by atoms with E-state index in [9.17, 15) is 9.50 Å². The highest BCUT2D eigenvalue weighted by atomic mass is 19.1. The summed E-state index contributed by atoms with van der Waals surface area (Å²) in [5.74, 6) is -0.0538. The summed E-state index contributed by atoms with van der Waals surface area (Å²) >= 11 is 0.